The highest BCUT2D eigenvalue weighted by atomic mass is 35.5. The van der Waals surface area contributed by atoms with Gasteiger partial charge in [-0.05, 0) is 50.2 Å². The van der Waals surface area contributed by atoms with Gasteiger partial charge in [0.05, 0.1) is 0 Å². The summed E-state index contributed by atoms with van der Waals surface area (Å²) in [4.78, 5) is 31.3. The fourth-order valence-electron chi connectivity index (χ4n) is 3.50. The summed E-state index contributed by atoms with van der Waals surface area (Å²) in [6.45, 7) is 8.00. The number of piperazine rings is 1. The van der Waals surface area contributed by atoms with Crippen molar-refractivity contribution >= 4 is 29.1 Å². The average molecular weight is 400 g/mol. The van der Waals surface area contributed by atoms with E-state index >= 15 is 0 Å². The zero-order valence-electron chi connectivity index (χ0n) is 16.4. The van der Waals surface area contributed by atoms with Gasteiger partial charge >= 0.3 is 0 Å². The van der Waals surface area contributed by atoms with Crippen LogP contribution in [0.2, 0.25) is 5.02 Å². The molecular formula is C22H26ClN3O2. The lowest BCUT2D eigenvalue weighted by Gasteiger charge is -2.36. The number of amides is 2. The van der Waals surface area contributed by atoms with E-state index in [4.69, 9.17) is 11.6 Å². The summed E-state index contributed by atoms with van der Waals surface area (Å²) in [5.74, 6) is -0.0645. The Balaban J connectivity index is 1.67. The molecule has 0 radical (unpaired) electrons. The van der Waals surface area contributed by atoms with Crippen LogP contribution in [0.1, 0.15) is 34.6 Å². The first-order valence-electron chi connectivity index (χ1n) is 9.72. The van der Waals surface area contributed by atoms with Gasteiger partial charge in [-0.3, -0.25) is 9.59 Å². The molecule has 6 heteroatoms. The number of hydrogen-bond acceptors (Lipinski definition) is 3. The molecule has 2 aromatic carbocycles. The Kier molecular flexibility index (Phi) is 6.57. The molecule has 0 saturated carbocycles. The number of hydrogen-bond donors (Lipinski definition) is 0. The number of halogens is 1. The van der Waals surface area contributed by atoms with E-state index in [9.17, 15) is 9.59 Å². The molecule has 0 aromatic heterocycles. The first kappa shape index (κ1) is 20.2. The van der Waals surface area contributed by atoms with Crippen molar-refractivity contribution in [3.05, 3.63) is 64.7 Å². The Labute approximate surface area is 171 Å². The van der Waals surface area contributed by atoms with Crippen LogP contribution in [0, 0.1) is 0 Å². The van der Waals surface area contributed by atoms with E-state index in [0.717, 1.165) is 18.8 Å². The smallest absolute Gasteiger partial charge is 0.253 e. The summed E-state index contributed by atoms with van der Waals surface area (Å²) in [6, 6.07) is 14.8. The lowest BCUT2D eigenvalue weighted by molar-refractivity contribution is 0.0746. The Morgan fingerprint density at radius 1 is 0.929 bits per heavy atom. The normalized spacial score (nSPS) is 14.1. The molecule has 0 aliphatic carbocycles. The molecular weight excluding hydrogens is 374 g/mol. The van der Waals surface area contributed by atoms with Gasteiger partial charge in [-0.15, -0.1) is 0 Å². The van der Waals surface area contributed by atoms with Crippen molar-refractivity contribution in [2.75, 3.05) is 44.2 Å². The van der Waals surface area contributed by atoms with E-state index in [2.05, 4.69) is 4.90 Å². The first-order valence-corrected chi connectivity index (χ1v) is 10.1. The first-order chi connectivity index (χ1) is 13.5. The molecule has 0 N–H and O–H groups in total. The standard InChI is InChI=1S/C22H26ClN3O2/c1-3-24(4-2)21(27)17-7-5-8-18(15-17)22(28)26-13-11-25(12-14-26)20-10-6-9-19(23)16-20/h5-10,15-16H,3-4,11-14H2,1-2H3. The Bertz CT molecular complexity index is 843. The molecule has 1 aliphatic heterocycles. The van der Waals surface area contributed by atoms with Crippen molar-refractivity contribution in [1.29, 1.82) is 0 Å². The van der Waals surface area contributed by atoms with Crippen molar-refractivity contribution in [3.63, 3.8) is 0 Å². The maximum Gasteiger partial charge on any atom is 0.253 e. The number of carbonyl (C=O) groups excluding carboxylic acids is 2. The molecule has 5 nitrogen and oxygen atoms in total. The van der Waals surface area contributed by atoms with Crippen LogP contribution in [-0.2, 0) is 0 Å². The maximum absolute atomic E-state index is 12.9. The van der Waals surface area contributed by atoms with Crippen LogP contribution in [0.4, 0.5) is 5.69 Å². The summed E-state index contributed by atoms with van der Waals surface area (Å²) in [5.41, 5.74) is 2.20. The molecule has 1 saturated heterocycles. The van der Waals surface area contributed by atoms with Crippen LogP contribution < -0.4 is 4.90 Å². The van der Waals surface area contributed by atoms with Gasteiger partial charge in [0.2, 0.25) is 0 Å². The lowest BCUT2D eigenvalue weighted by Crippen LogP contribution is -2.48. The Morgan fingerprint density at radius 3 is 2.21 bits per heavy atom. The largest absolute Gasteiger partial charge is 0.368 e. The number of benzene rings is 2. The molecule has 0 unspecified atom stereocenters. The summed E-state index contributed by atoms with van der Waals surface area (Å²) in [5, 5.41) is 0.714. The molecule has 1 heterocycles. The Hall–Kier alpha value is -2.53. The van der Waals surface area contributed by atoms with Crippen LogP contribution in [0.15, 0.2) is 48.5 Å². The number of anilines is 1. The molecule has 28 heavy (non-hydrogen) atoms. The van der Waals surface area contributed by atoms with Gasteiger partial charge in [0.15, 0.2) is 0 Å². The van der Waals surface area contributed by atoms with E-state index in [1.165, 1.54) is 0 Å². The third-order valence-electron chi connectivity index (χ3n) is 5.15. The van der Waals surface area contributed by atoms with Gasteiger partial charge in [0.25, 0.3) is 11.8 Å². The van der Waals surface area contributed by atoms with E-state index in [1.807, 2.05) is 43.0 Å². The summed E-state index contributed by atoms with van der Waals surface area (Å²) >= 11 is 6.08. The van der Waals surface area contributed by atoms with Crippen molar-refractivity contribution in [2.24, 2.45) is 0 Å². The average Bonchev–Trinajstić information content (AvgIpc) is 2.74. The van der Waals surface area contributed by atoms with Crippen molar-refractivity contribution in [2.45, 2.75) is 13.8 Å². The molecule has 0 bridgehead atoms. The zero-order valence-corrected chi connectivity index (χ0v) is 17.2. The SMILES string of the molecule is CCN(CC)C(=O)c1cccc(C(=O)N2CCN(c3cccc(Cl)c3)CC2)c1. The highest BCUT2D eigenvalue weighted by Crippen LogP contribution is 2.21. The van der Waals surface area contributed by atoms with Gasteiger partial charge in [0, 0.05) is 61.1 Å². The minimum Gasteiger partial charge on any atom is -0.368 e. The molecule has 0 atom stereocenters. The molecule has 2 amide bonds. The second-order valence-corrected chi connectivity index (χ2v) is 7.25. The minimum atomic E-state index is -0.0366. The van der Waals surface area contributed by atoms with Gasteiger partial charge in [0.1, 0.15) is 0 Å². The second-order valence-electron chi connectivity index (χ2n) is 6.82. The molecule has 3 rings (SSSR count). The van der Waals surface area contributed by atoms with E-state index in [1.54, 1.807) is 29.2 Å². The zero-order chi connectivity index (χ0) is 20.1. The van der Waals surface area contributed by atoms with Crippen molar-refractivity contribution in [1.82, 2.24) is 9.80 Å². The second kappa shape index (κ2) is 9.11. The molecule has 1 fully saturated rings. The van der Waals surface area contributed by atoms with Crippen molar-refractivity contribution in [3.8, 4) is 0 Å². The fourth-order valence-corrected chi connectivity index (χ4v) is 3.69. The van der Waals surface area contributed by atoms with Crippen LogP contribution in [0.25, 0.3) is 0 Å². The molecule has 0 spiro atoms. The van der Waals surface area contributed by atoms with Gasteiger partial charge < -0.3 is 14.7 Å². The maximum atomic E-state index is 12.9. The van der Waals surface area contributed by atoms with E-state index < -0.39 is 0 Å². The summed E-state index contributed by atoms with van der Waals surface area (Å²) in [6.07, 6.45) is 0. The fraction of sp³-hybridized carbons (Fsp3) is 0.364. The number of rotatable bonds is 5. The minimum absolute atomic E-state index is 0.0278. The van der Waals surface area contributed by atoms with Gasteiger partial charge in [-0.2, -0.15) is 0 Å². The van der Waals surface area contributed by atoms with Crippen molar-refractivity contribution < 1.29 is 9.59 Å². The highest BCUT2D eigenvalue weighted by molar-refractivity contribution is 6.30. The van der Waals surface area contributed by atoms with E-state index in [-0.39, 0.29) is 11.8 Å². The van der Waals surface area contributed by atoms with E-state index in [0.29, 0.717) is 42.3 Å². The Morgan fingerprint density at radius 2 is 1.57 bits per heavy atom. The topological polar surface area (TPSA) is 43.9 Å². The van der Waals surface area contributed by atoms with Crippen LogP contribution >= 0.6 is 11.6 Å². The quantitative estimate of drug-likeness (QED) is 0.768. The lowest BCUT2D eigenvalue weighted by atomic mass is 10.1. The number of carbonyl (C=O) groups is 2. The summed E-state index contributed by atoms with van der Waals surface area (Å²) in [7, 11) is 0. The highest BCUT2D eigenvalue weighted by Gasteiger charge is 2.23. The third-order valence-corrected chi connectivity index (χ3v) is 5.38. The summed E-state index contributed by atoms with van der Waals surface area (Å²) < 4.78 is 0. The van der Waals surface area contributed by atoms with Crippen LogP contribution in [-0.4, -0.2) is 60.9 Å². The predicted molar refractivity (Wildman–Crippen MR) is 113 cm³/mol. The molecule has 1 aliphatic rings. The van der Waals surface area contributed by atoms with Crippen LogP contribution in [0.5, 0.6) is 0 Å². The van der Waals surface area contributed by atoms with Gasteiger partial charge in [-0.1, -0.05) is 23.7 Å². The predicted octanol–water partition coefficient (Wildman–Crippen LogP) is 3.78. The molecule has 2 aromatic rings. The van der Waals surface area contributed by atoms with Crippen LogP contribution in [0.3, 0.4) is 0 Å². The third kappa shape index (κ3) is 4.47. The molecule has 148 valence electrons. The number of nitrogens with zero attached hydrogens (tertiary/aromatic N) is 3. The van der Waals surface area contributed by atoms with Gasteiger partial charge in [-0.25, -0.2) is 0 Å². The monoisotopic (exact) mass is 399 g/mol.